The number of hydrogen-bond acceptors (Lipinski definition) is 6. The van der Waals surface area contributed by atoms with Crippen LogP contribution in [0.5, 0.6) is 0 Å². The predicted molar refractivity (Wildman–Crippen MR) is 89.4 cm³/mol. The van der Waals surface area contributed by atoms with E-state index in [1.165, 1.54) is 6.07 Å². The lowest BCUT2D eigenvalue weighted by Crippen LogP contribution is -2.47. The lowest BCUT2D eigenvalue weighted by atomic mass is 10.0. The molecule has 2 N–H and O–H groups in total. The second kappa shape index (κ2) is 7.04. The Morgan fingerprint density at radius 2 is 2.26 bits per heavy atom. The number of nitrogens with one attached hydrogen (secondary N) is 2. The van der Waals surface area contributed by atoms with E-state index >= 15 is 0 Å². The van der Waals surface area contributed by atoms with Gasteiger partial charge in [-0.05, 0) is 19.8 Å². The van der Waals surface area contributed by atoms with E-state index in [1.54, 1.807) is 6.92 Å². The number of thioether (sulfide) groups is 1. The third kappa shape index (κ3) is 5.35. The van der Waals surface area contributed by atoms with Gasteiger partial charge in [-0.1, -0.05) is 25.1 Å². The summed E-state index contributed by atoms with van der Waals surface area (Å²) < 4.78 is 23.1. The van der Waals surface area contributed by atoms with Crippen LogP contribution in [-0.2, 0) is 21.1 Å². The standard InChI is InChI=1S/C14H21N3O4S2/c1-3-4-10-7-11(18)16-13(15-10)22-8-12(19)17-14(2)5-6-23(20,21)9-14/h7H,3-6,8-9H2,1-2H3,(H,17,19)(H,15,16,18)/t14-/m0/s1. The zero-order chi connectivity index (χ0) is 17.1. The summed E-state index contributed by atoms with van der Waals surface area (Å²) in [5.41, 5.74) is -0.241. The van der Waals surface area contributed by atoms with Crippen molar-refractivity contribution < 1.29 is 13.2 Å². The maximum Gasteiger partial charge on any atom is 0.251 e. The molecule has 23 heavy (non-hydrogen) atoms. The minimum atomic E-state index is -3.07. The highest BCUT2D eigenvalue weighted by molar-refractivity contribution is 7.99. The summed E-state index contributed by atoms with van der Waals surface area (Å²) in [6.45, 7) is 3.74. The van der Waals surface area contributed by atoms with E-state index in [0.717, 1.165) is 18.2 Å². The zero-order valence-electron chi connectivity index (χ0n) is 13.2. The highest BCUT2D eigenvalue weighted by atomic mass is 32.2. The first-order valence-corrected chi connectivity index (χ1v) is 10.3. The molecule has 2 heterocycles. The second-order valence-electron chi connectivity index (χ2n) is 6.03. The first-order chi connectivity index (χ1) is 10.7. The van der Waals surface area contributed by atoms with Crippen LogP contribution in [0.4, 0.5) is 0 Å². The number of nitrogens with zero attached hydrogens (tertiary/aromatic N) is 1. The first-order valence-electron chi connectivity index (χ1n) is 7.46. The molecular weight excluding hydrogens is 338 g/mol. The number of aromatic amines is 1. The Kier molecular flexibility index (Phi) is 5.51. The van der Waals surface area contributed by atoms with E-state index in [1.807, 2.05) is 6.92 Å². The van der Waals surface area contributed by atoms with Crippen LogP contribution in [0.2, 0.25) is 0 Å². The van der Waals surface area contributed by atoms with Crippen molar-refractivity contribution >= 4 is 27.5 Å². The monoisotopic (exact) mass is 359 g/mol. The van der Waals surface area contributed by atoms with Crippen LogP contribution in [-0.4, -0.2) is 47.1 Å². The topological polar surface area (TPSA) is 109 Å². The van der Waals surface area contributed by atoms with E-state index < -0.39 is 15.4 Å². The quantitative estimate of drug-likeness (QED) is 0.566. The van der Waals surface area contributed by atoms with Crippen LogP contribution < -0.4 is 10.9 Å². The van der Waals surface area contributed by atoms with Gasteiger partial charge in [-0.2, -0.15) is 0 Å². The minimum absolute atomic E-state index is 0.0303. The Morgan fingerprint density at radius 1 is 1.52 bits per heavy atom. The first kappa shape index (κ1) is 18.0. The Bertz CT molecular complexity index is 745. The molecule has 7 nitrogen and oxygen atoms in total. The van der Waals surface area contributed by atoms with Gasteiger partial charge in [0.1, 0.15) is 0 Å². The van der Waals surface area contributed by atoms with Gasteiger partial charge in [-0.15, -0.1) is 0 Å². The Balaban J connectivity index is 1.93. The van der Waals surface area contributed by atoms with Gasteiger partial charge >= 0.3 is 0 Å². The second-order valence-corrected chi connectivity index (χ2v) is 9.18. The fraction of sp³-hybridized carbons (Fsp3) is 0.643. The number of aromatic nitrogens is 2. The van der Waals surface area contributed by atoms with Crippen molar-refractivity contribution in [3.05, 3.63) is 22.1 Å². The molecule has 0 aromatic carbocycles. The van der Waals surface area contributed by atoms with Crippen LogP contribution in [0.15, 0.2) is 16.0 Å². The smallest absolute Gasteiger partial charge is 0.251 e. The van der Waals surface area contributed by atoms with Crippen LogP contribution >= 0.6 is 11.8 Å². The average molecular weight is 359 g/mol. The SMILES string of the molecule is CCCc1cc(=O)[nH]c(SCC(=O)N[C@@]2(C)CCS(=O)(=O)C2)n1. The number of H-pyrrole nitrogens is 1. The van der Waals surface area contributed by atoms with Crippen LogP contribution in [0, 0.1) is 0 Å². The lowest BCUT2D eigenvalue weighted by molar-refractivity contribution is -0.120. The summed E-state index contributed by atoms with van der Waals surface area (Å²) in [4.78, 5) is 30.5. The zero-order valence-corrected chi connectivity index (χ0v) is 14.8. The van der Waals surface area contributed by atoms with Crippen molar-refractivity contribution in [2.24, 2.45) is 0 Å². The number of sulfone groups is 1. The molecule has 1 saturated heterocycles. The normalized spacial score (nSPS) is 22.9. The van der Waals surface area contributed by atoms with E-state index in [-0.39, 0.29) is 28.7 Å². The van der Waals surface area contributed by atoms with Crippen molar-refractivity contribution in [2.75, 3.05) is 17.3 Å². The van der Waals surface area contributed by atoms with Crippen molar-refractivity contribution in [3.63, 3.8) is 0 Å². The minimum Gasteiger partial charge on any atom is -0.349 e. The number of carbonyl (C=O) groups excluding carboxylic acids is 1. The molecule has 1 amide bonds. The molecule has 0 saturated carbocycles. The van der Waals surface area contributed by atoms with E-state index in [9.17, 15) is 18.0 Å². The van der Waals surface area contributed by atoms with Crippen LogP contribution in [0.3, 0.4) is 0 Å². The fourth-order valence-corrected chi connectivity index (χ4v) is 5.34. The van der Waals surface area contributed by atoms with Gasteiger partial charge in [0.05, 0.1) is 22.8 Å². The van der Waals surface area contributed by atoms with Gasteiger partial charge in [0.2, 0.25) is 5.91 Å². The molecule has 1 aromatic rings. The summed E-state index contributed by atoms with van der Waals surface area (Å²) in [6.07, 6.45) is 2.01. The third-order valence-corrected chi connectivity index (χ3v) is 6.34. The van der Waals surface area contributed by atoms with Crippen molar-refractivity contribution in [2.45, 2.75) is 43.8 Å². The third-order valence-electron chi connectivity index (χ3n) is 3.56. The number of hydrogen-bond donors (Lipinski definition) is 2. The summed E-state index contributed by atoms with van der Waals surface area (Å²) in [6, 6.07) is 1.46. The van der Waals surface area contributed by atoms with Crippen molar-refractivity contribution in [3.8, 4) is 0 Å². The van der Waals surface area contributed by atoms with E-state index in [4.69, 9.17) is 0 Å². The molecular formula is C14H21N3O4S2. The lowest BCUT2D eigenvalue weighted by Gasteiger charge is -2.23. The van der Waals surface area contributed by atoms with Crippen LogP contribution in [0.1, 0.15) is 32.4 Å². The maximum absolute atomic E-state index is 12.0. The van der Waals surface area contributed by atoms with Gasteiger partial charge in [0.25, 0.3) is 5.56 Å². The van der Waals surface area contributed by atoms with Gasteiger partial charge in [0.15, 0.2) is 15.0 Å². The molecule has 0 radical (unpaired) electrons. The molecule has 2 rings (SSSR count). The van der Waals surface area contributed by atoms with Crippen molar-refractivity contribution in [1.82, 2.24) is 15.3 Å². The molecule has 128 valence electrons. The molecule has 1 aromatic heterocycles. The van der Waals surface area contributed by atoms with E-state index in [0.29, 0.717) is 23.7 Å². The Hall–Kier alpha value is -1.35. The largest absolute Gasteiger partial charge is 0.349 e. The predicted octanol–water partition coefficient (Wildman–Crippen LogP) is 0.508. The molecule has 0 spiro atoms. The molecule has 1 fully saturated rings. The summed E-state index contributed by atoms with van der Waals surface area (Å²) in [7, 11) is -3.07. The highest BCUT2D eigenvalue weighted by Crippen LogP contribution is 2.23. The molecule has 0 unspecified atom stereocenters. The Labute approximate surface area is 139 Å². The molecule has 0 aliphatic carbocycles. The van der Waals surface area contributed by atoms with Crippen LogP contribution in [0.25, 0.3) is 0 Å². The molecule has 0 bridgehead atoms. The molecule has 1 aliphatic rings. The summed E-state index contributed by atoms with van der Waals surface area (Å²) in [5, 5.41) is 3.18. The molecule has 1 atom stereocenters. The summed E-state index contributed by atoms with van der Waals surface area (Å²) in [5.74, 6) is -0.116. The summed E-state index contributed by atoms with van der Waals surface area (Å²) >= 11 is 1.14. The Morgan fingerprint density at radius 3 is 2.87 bits per heavy atom. The number of carbonyl (C=O) groups is 1. The fourth-order valence-electron chi connectivity index (χ4n) is 2.55. The molecule has 1 aliphatic heterocycles. The van der Waals surface area contributed by atoms with Gasteiger partial charge in [-0.3, -0.25) is 9.59 Å². The van der Waals surface area contributed by atoms with Gasteiger partial charge in [-0.25, -0.2) is 13.4 Å². The maximum atomic E-state index is 12.0. The number of amides is 1. The molecule has 9 heteroatoms. The highest BCUT2D eigenvalue weighted by Gasteiger charge is 2.39. The van der Waals surface area contributed by atoms with Gasteiger partial charge in [0, 0.05) is 11.8 Å². The van der Waals surface area contributed by atoms with E-state index in [2.05, 4.69) is 15.3 Å². The number of rotatable bonds is 6. The van der Waals surface area contributed by atoms with Gasteiger partial charge < -0.3 is 10.3 Å². The van der Waals surface area contributed by atoms with Crippen molar-refractivity contribution in [1.29, 1.82) is 0 Å². The number of aryl methyl sites for hydroxylation is 1. The average Bonchev–Trinajstić information content (AvgIpc) is 2.70.